The zero-order valence-corrected chi connectivity index (χ0v) is 12.4. The monoisotopic (exact) mass is 262 g/mol. The minimum Gasteiger partial charge on any atom is -0.341 e. The van der Waals surface area contributed by atoms with Crippen molar-refractivity contribution in [2.24, 2.45) is 11.7 Å². The Morgan fingerprint density at radius 3 is 2.26 bits per heavy atom. The molecule has 0 aliphatic carbocycles. The van der Waals surface area contributed by atoms with Crippen molar-refractivity contribution in [3.05, 3.63) is 35.4 Å². The van der Waals surface area contributed by atoms with Crippen molar-refractivity contribution in [2.75, 3.05) is 13.6 Å². The topological polar surface area (TPSA) is 46.3 Å². The summed E-state index contributed by atoms with van der Waals surface area (Å²) in [6, 6.07) is 8.45. The first-order valence-electron chi connectivity index (χ1n) is 7.12. The minimum absolute atomic E-state index is 0.178. The molecule has 0 heterocycles. The maximum absolute atomic E-state index is 12.1. The van der Waals surface area contributed by atoms with Crippen molar-refractivity contribution in [3.63, 3.8) is 0 Å². The van der Waals surface area contributed by atoms with Crippen molar-refractivity contribution in [1.29, 1.82) is 0 Å². The summed E-state index contributed by atoms with van der Waals surface area (Å²) < 4.78 is 0. The van der Waals surface area contributed by atoms with Crippen LogP contribution in [-0.4, -0.2) is 24.4 Å². The van der Waals surface area contributed by atoms with Crippen LogP contribution in [0.3, 0.4) is 0 Å². The van der Waals surface area contributed by atoms with Gasteiger partial charge >= 0.3 is 0 Å². The molecule has 0 bridgehead atoms. The van der Waals surface area contributed by atoms with Gasteiger partial charge in [-0.25, -0.2) is 0 Å². The fraction of sp³-hybridized carbons (Fsp3) is 0.562. The molecule has 1 aromatic rings. The third kappa shape index (κ3) is 5.03. The van der Waals surface area contributed by atoms with Gasteiger partial charge in [-0.1, -0.05) is 44.5 Å². The molecular weight excluding hydrogens is 236 g/mol. The number of carbonyl (C=O) groups excluding carboxylic acids is 1. The fourth-order valence-corrected chi connectivity index (χ4v) is 2.04. The Hall–Kier alpha value is -1.35. The fourth-order valence-electron chi connectivity index (χ4n) is 2.04. The molecule has 0 saturated heterocycles. The molecule has 1 aromatic carbocycles. The van der Waals surface area contributed by atoms with Crippen LogP contribution in [0.4, 0.5) is 0 Å². The van der Waals surface area contributed by atoms with Gasteiger partial charge in [0.05, 0.1) is 0 Å². The molecule has 1 atom stereocenters. The van der Waals surface area contributed by atoms with Crippen LogP contribution in [-0.2, 0) is 17.8 Å². The average Bonchev–Trinajstić information content (AvgIpc) is 2.45. The van der Waals surface area contributed by atoms with E-state index in [1.807, 2.05) is 7.05 Å². The van der Waals surface area contributed by atoms with Crippen LogP contribution in [0.5, 0.6) is 0 Å². The van der Waals surface area contributed by atoms with Gasteiger partial charge in [-0.05, 0) is 30.0 Å². The largest absolute Gasteiger partial charge is 0.341 e. The van der Waals surface area contributed by atoms with E-state index >= 15 is 0 Å². The third-order valence-corrected chi connectivity index (χ3v) is 3.65. The molecule has 106 valence electrons. The Morgan fingerprint density at radius 1 is 1.21 bits per heavy atom. The summed E-state index contributed by atoms with van der Waals surface area (Å²) in [6.07, 6.45) is 2.56. The second-order valence-corrected chi connectivity index (χ2v) is 5.13. The first-order valence-corrected chi connectivity index (χ1v) is 7.12. The number of hydrogen-bond acceptors (Lipinski definition) is 2. The smallest absolute Gasteiger partial charge is 0.222 e. The highest BCUT2D eigenvalue weighted by Crippen LogP contribution is 2.11. The van der Waals surface area contributed by atoms with Gasteiger partial charge in [0.1, 0.15) is 0 Å². The summed E-state index contributed by atoms with van der Waals surface area (Å²) in [7, 11) is 1.86. The Bertz CT molecular complexity index is 382. The van der Waals surface area contributed by atoms with Crippen LogP contribution in [0.15, 0.2) is 24.3 Å². The Balaban J connectivity index is 2.53. The molecule has 19 heavy (non-hydrogen) atoms. The van der Waals surface area contributed by atoms with Gasteiger partial charge in [0, 0.05) is 20.0 Å². The number of benzene rings is 1. The highest BCUT2D eigenvalue weighted by Gasteiger charge is 2.14. The lowest BCUT2D eigenvalue weighted by molar-refractivity contribution is -0.131. The number of aryl methyl sites for hydroxylation is 1. The summed E-state index contributed by atoms with van der Waals surface area (Å²) >= 11 is 0. The van der Waals surface area contributed by atoms with Crippen molar-refractivity contribution >= 4 is 5.91 Å². The lowest BCUT2D eigenvalue weighted by Gasteiger charge is -2.20. The van der Waals surface area contributed by atoms with Gasteiger partial charge in [0.25, 0.3) is 0 Å². The molecule has 1 amide bonds. The SMILES string of the molecule is CCc1ccc(CN(C)C(=O)CC(CC)CN)cc1. The van der Waals surface area contributed by atoms with E-state index < -0.39 is 0 Å². The van der Waals surface area contributed by atoms with Crippen molar-refractivity contribution < 1.29 is 4.79 Å². The predicted octanol–water partition coefficient (Wildman–Crippen LogP) is 2.58. The van der Waals surface area contributed by atoms with Crippen LogP contribution in [0.25, 0.3) is 0 Å². The quantitative estimate of drug-likeness (QED) is 0.821. The van der Waals surface area contributed by atoms with Crippen molar-refractivity contribution in [1.82, 2.24) is 4.90 Å². The molecule has 1 unspecified atom stereocenters. The summed E-state index contributed by atoms with van der Waals surface area (Å²) in [5.74, 6) is 0.481. The minimum atomic E-state index is 0.178. The number of carbonyl (C=O) groups is 1. The summed E-state index contributed by atoms with van der Waals surface area (Å²) in [5.41, 5.74) is 8.15. The van der Waals surface area contributed by atoms with Crippen LogP contribution in [0.1, 0.15) is 37.8 Å². The van der Waals surface area contributed by atoms with Crippen molar-refractivity contribution in [2.45, 2.75) is 39.7 Å². The molecule has 0 fully saturated rings. The van der Waals surface area contributed by atoms with E-state index in [4.69, 9.17) is 5.73 Å². The van der Waals surface area contributed by atoms with Gasteiger partial charge in [0.2, 0.25) is 5.91 Å². The average molecular weight is 262 g/mol. The van der Waals surface area contributed by atoms with Gasteiger partial charge in [-0.15, -0.1) is 0 Å². The molecule has 0 aliphatic rings. The molecule has 0 radical (unpaired) electrons. The third-order valence-electron chi connectivity index (χ3n) is 3.65. The molecule has 0 aliphatic heterocycles. The molecular formula is C16H26N2O. The standard InChI is InChI=1S/C16H26N2O/c1-4-13-6-8-15(9-7-13)12-18(3)16(19)10-14(5-2)11-17/h6-9,14H,4-5,10-12,17H2,1-3H3. The highest BCUT2D eigenvalue weighted by atomic mass is 16.2. The van der Waals surface area contributed by atoms with Crippen LogP contribution >= 0.6 is 0 Å². The first kappa shape index (κ1) is 15.7. The number of nitrogens with zero attached hydrogens (tertiary/aromatic N) is 1. The van der Waals surface area contributed by atoms with Gasteiger partial charge in [0.15, 0.2) is 0 Å². The van der Waals surface area contributed by atoms with Crippen LogP contribution in [0.2, 0.25) is 0 Å². The van der Waals surface area contributed by atoms with Gasteiger partial charge in [-0.3, -0.25) is 4.79 Å². The molecule has 1 rings (SSSR count). The second kappa shape index (κ2) is 7.95. The van der Waals surface area contributed by atoms with E-state index in [1.165, 1.54) is 11.1 Å². The van der Waals surface area contributed by atoms with Gasteiger partial charge in [-0.2, -0.15) is 0 Å². The summed E-state index contributed by atoms with van der Waals surface area (Å²) in [6.45, 7) is 5.47. The lowest BCUT2D eigenvalue weighted by Crippen LogP contribution is -2.29. The molecule has 0 saturated carbocycles. The lowest BCUT2D eigenvalue weighted by atomic mass is 10.0. The zero-order valence-electron chi connectivity index (χ0n) is 12.4. The van der Waals surface area contributed by atoms with E-state index in [0.29, 0.717) is 25.4 Å². The predicted molar refractivity (Wildman–Crippen MR) is 79.7 cm³/mol. The van der Waals surface area contributed by atoms with Crippen molar-refractivity contribution in [3.8, 4) is 0 Å². The maximum atomic E-state index is 12.1. The first-order chi connectivity index (χ1) is 9.10. The Morgan fingerprint density at radius 2 is 1.79 bits per heavy atom. The second-order valence-electron chi connectivity index (χ2n) is 5.13. The maximum Gasteiger partial charge on any atom is 0.222 e. The normalized spacial score (nSPS) is 12.2. The molecule has 2 N–H and O–H groups in total. The highest BCUT2D eigenvalue weighted by molar-refractivity contribution is 5.76. The van der Waals surface area contributed by atoms with Crippen LogP contribution < -0.4 is 5.73 Å². The Labute approximate surface area is 116 Å². The summed E-state index contributed by atoms with van der Waals surface area (Å²) in [5, 5.41) is 0. The van der Waals surface area contributed by atoms with E-state index in [1.54, 1.807) is 4.90 Å². The molecule has 0 aromatic heterocycles. The van der Waals surface area contributed by atoms with E-state index in [9.17, 15) is 4.79 Å². The number of amides is 1. The van der Waals surface area contributed by atoms with Crippen LogP contribution in [0, 0.1) is 5.92 Å². The number of rotatable bonds is 7. The Kier molecular flexibility index (Phi) is 6.57. The number of hydrogen-bond donors (Lipinski definition) is 1. The summed E-state index contributed by atoms with van der Waals surface area (Å²) in [4.78, 5) is 13.9. The molecule has 3 nitrogen and oxygen atoms in total. The van der Waals surface area contributed by atoms with E-state index in [-0.39, 0.29) is 5.91 Å². The number of nitrogens with two attached hydrogens (primary N) is 1. The molecule has 3 heteroatoms. The van der Waals surface area contributed by atoms with Gasteiger partial charge < -0.3 is 10.6 Å². The molecule has 0 spiro atoms. The van der Waals surface area contributed by atoms with E-state index in [2.05, 4.69) is 38.1 Å². The zero-order chi connectivity index (χ0) is 14.3. The van der Waals surface area contributed by atoms with E-state index in [0.717, 1.165) is 12.8 Å².